The molecule has 0 saturated carbocycles. The smallest absolute Gasteiger partial charge is 0.155 e. The lowest BCUT2D eigenvalue weighted by Gasteiger charge is -2.23. The maximum atomic E-state index is 9.95. The van der Waals surface area contributed by atoms with Crippen LogP contribution in [0.1, 0.15) is 40.0 Å². The largest absolute Gasteiger partial charge is 0.368 e. The van der Waals surface area contributed by atoms with E-state index in [-0.39, 0.29) is 5.60 Å². The molecule has 0 aliphatic carbocycles. The maximum Gasteiger partial charge on any atom is 0.155 e. The average Bonchev–Trinajstić information content (AvgIpc) is 1.84. The molecule has 0 fully saturated rings. The highest BCUT2D eigenvalue weighted by atomic mass is 16.6. The molecule has 0 rings (SSSR count). The number of ether oxygens (including phenoxy) is 1. The van der Waals surface area contributed by atoms with Gasteiger partial charge < -0.3 is 14.6 Å². The Bertz CT molecular complexity index is 126. The van der Waals surface area contributed by atoms with Crippen molar-refractivity contribution in [2.75, 3.05) is 0 Å². The van der Waals surface area contributed by atoms with E-state index in [1.807, 2.05) is 20.8 Å². The zero-order chi connectivity index (χ0) is 9.61. The van der Waals surface area contributed by atoms with Crippen molar-refractivity contribution in [2.24, 2.45) is 0 Å². The van der Waals surface area contributed by atoms with E-state index in [9.17, 15) is 9.90 Å². The highest BCUT2D eigenvalue weighted by Gasteiger charge is 2.15. The highest BCUT2D eigenvalue weighted by Crippen LogP contribution is 2.12. The standard InChI is InChI=1S/C9H18O3/c1-9(2,3)12-8(11)6-4-5-7-10/h7-8,11H,4-6H2,1-3H3. The van der Waals surface area contributed by atoms with E-state index < -0.39 is 6.29 Å². The fourth-order valence-electron chi connectivity index (χ4n) is 0.843. The van der Waals surface area contributed by atoms with Gasteiger partial charge in [0.25, 0.3) is 0 Å². The van der Waals surface area contributed by atoms with Gasteiger partial charge in [-0.1, -0.05) is 0 Å². The summed E-state index contributed by atoms with van der Waals surface area (Å²) in [5.41, 5.74) is -0.319. The van der Waals surface area contributed by atoms with E-state index in [1.54, 1.807) is 0 Å². The molecule has 0 heterocycles. The van der Waals surface area contributed by atoms with Gasteiger partial charge in [0.2, 0.25) is 0 Å². The summed E-state index contributed by atoms with van der Waals surface area (Å²) in [4.78, 5) is 9.95. The number of hydrogen-bond acceptors (Lipinski definition) is 3. The van der Waals surface area contributed by atoms with Crippen molar-refractivity contribution >= 4 is 6.29 Å². The SMILES string of the molecule is CC(C)(C)OC(O)CCCC=O. The lowest BCUT2D eigenvalue weighted by atomic mass is 10.2. The number of aliphatic hydroxyl groups is 1. The monoisotopic (exact) mass is 174 g/mol. The Balaban J connectivity index is 3.46. The van der Waals surface area contributed by atoms with E-state index in [0.717, 1.165) is 6.29 Å². The third kappa shape index (κ3) is 7.69. The second kappa shape index (κ2) is 5.27. The Labute approximate surface area is 73.7 Å². The van der Waals surface area contributed by atoms with Crippen molar-refractivity contribution in [3.05, 3.63) is 0 Å². The van der Waals surface area contributed by atoms with E-state index in [4.69, 9.17) is 4.74 Å². The van der Waals surface area contributed by atoms with Crippen molar-refractivity contribution in [3.8, 4) is 0 Å². The van der Waals surface area contributed by atoms with E-state index >= 15 is 0 Å². The summed E-state index contributed by atoms with van der Waals surface area (Å²) >= 11 is 0. The van der Waals surface area contributed by atoms with Crippen LogP contribution in [0.25, 0.3) is 0 Å². The number of carbonyl (C=O) groups is 1. The molecule has 3 nitrogen and oxygen atoms in total. The summed E-state index contributed by atoms with van der Waals surface area (Å²) in [5, 5.41) is 9.27. The number of unbranched alkanes of at least 4 members (excludes halogenated alkanes) is 1. The summed E-state index contributed by atoms with van der Waals surface area (Å²) < 4.78 is 5.22. The molecule has 1 atom stereocenters. The third-order valence-electron chi connectivity index (χ3n) is 1.26. The fraction of sp³-hybridized carbons (Fsp3) is 0.889. The molecule has 0 amide bonds. The Hall–Kier alpha value is -0.410. The topological polar surface area (TPSA) is 46.5 Å². The van der Waals surface area contributed by atoms with Gasteiger partial charge in [-0.25, -0.2) is 0 Å². The van der Waals surface area contributed by atoms with Crippen LogP contribution in [0.2, 0.25) is 0 Å². The summed E-state index contributed by atoms with van der Waals surface area (Å²) in [5.74, 6) is 0. The molecule has 0 aromatic rings. The van der Waals surface area contributed by atoms with Crippen LogP contribution in [0.3, 0.4) is 0 Å². The molecule has 1 N–H and O–H groups in total. The van der Waals surface area contributed by atoms with Crippen LogP contribution < -0.4 is 0 Å². The van der Waals surface area contributed by atoms with Gasteiger partial charge >= 0.3 is 0 Å². The Morgan fingerprint density at radius 1 is 1.50 bits per heavy atom. The molecule has 0 aromatic carbocycles. The molecule has 0 aliphatic heterocycles. The molecule has 1 unspecified atom stereocenters. The second-order valence-corrected chi connectivity index (χ2v) is 3.78. The van der Waals surface area contributed by atoms with Gasteiger partial charge in [0.15, 0.2) is 6.29 Å². The minimum atomic E-state index is -0.745. The quantitative estimate of drug-likeness (QED) is 0.390. The molecule has 0 radical (unpaired) electrons. The Morgan fingerprint density at radius 2 is 2.08 bits per heavy atom. The van der Waals surface area contributed by atoms with Gasteiger partial charge in [-0.15, -0.1) is 0 Å². The van der Waals surface area contributed by atoms with Gasteiger partial charge in [0.05, 0.1) is 5.60 Å². The van der Waals surface area contributed by atoms with Crippen LogP contribution in [0.4, 0.5) is 0 Å². The zero-order valence-electron chi connectivity index (χ0n) is 8.04. The van der Waals surface area contributed by atoms with Crippen LogP contribution in [0.15, 0.2) is 0 Å². The average molecular weight is 174 g/mol. The van der Waals surface area contributed by atoms with Crippen molar-refractivity contribution < 1.29 is 14.6 Å². The van der Waals surface area contributed by atoms with Crippen LogP contribution in [0, 0.1) is 0 Å². The number of aldehydes is 1. The Morgan fingerprint density at radius 3 is 2.50 bits per heavy atom. The van der Waals surface area contributed by atoms with Gasteiger partial charge in [-0.3, -0.25) is 0 Å². The first-order valence-electron chi connectivity index (χ1n) is 4.25. The van der Waals surface area contributed by atoms with Crippen molar-refractivity contribution in [3.63, 3.8) is 0 Å². The lowest BCUT2D eigenvalue weighted by Crippen LogP contribution is -2.27. The molecular weight excluding hydrogens is 156 g/mol. The lowest BCUT2D eigenvalue weighted by molar-refractivity contribution is -0.168. The van der Waals surface area contributed by atoms with Crippen molar-refractivity contribution in [1.29, 1.82) is 0 Å². The Kier molecular flexibility index (Phi) is 5.09. The predicted octanol–water partition coefficient (Wildman–Crippen LogP) is 1.49. The molecule has 0 saturated heterocycles. The zero-order valence-corrected chi connectivity index (χ0v) is 8.04. The molecule has 0 aliphatic rings. The molecule has 0 bridgehead atoms. The fourth-order valence-corrected chi connectivity index (χ4v) is 0.843. The first kappa shape index (κ1) is 11.6. The number of carbonyl (C=O) groups excluding carboxylic acids is 1. The van der Waals surface area contributed by atoms with Crippen molar-refractivity contribution in [1.82, 2.24) is 0 Å². The summed E-state index contributed by atoms with van der Waals surface area (Å²) in [6.07, 6.45) is 1.80. The maximum absolute atomic E-state index is 9.95. The number of rotatable bonds is 5. The van der Waals surface area contributed by atoms with Crippen LogP contribution >= 0.6 is 0 Å². The molecule has 0 spiro atoms. The van der Waals surface area contributed by atoms with Crippen molar-refractivity contribution in [2.45, 2.75) is 51.9 Å². The minimum absolute atomic E-state index is 0.319. The summed E-state index contributed by atoms with van der Waals surface area (Å²) in [6, 6.07) is 0. The van der Waals surface area contributed by atoms with Crippen LogP contribution in [0.5, 0.6) is 0 Å². The van der Waals surface area contributed by atoms with Gasteiger partial charge in [0.1, 0.15) is 6.29 Å². The molecule has 72 valence electrons. The minimum Gasteiger partial charge on any atom is -0.368 e. The van der Waals surface area contributed by atoms with Crippen LogP contribution in [-0.2, 0) is 9.53 Å². The summed E-state index contributed by atoms with van der Waals surface area (Å²) in [7, 11) is 0. The third-order valence-corrected chi connectivity index (χ3v) is 1.26. The highest BCUT2D eigenvalue weighted by molar-refractivity contribution is 5.48. The molecule has 0 aromatic heterocycles. The van der Waals surface area contributed by atoms with Gasteiger partial charge in [-0.2, -0.15) is 0 Å². The molecule has 3 heteroatoms. The number of aliphatic hydroxyl groups excluding tert-OH is 1. The molecule has 12 heavy (non-hydrogen) atoms. The van der Waals surface area contributed by atoms with E-state index in [0.29, 0.717) is 19.3 Å². The second-order valence-electron chi connectivity index (χ2n) is 3.78. The number of hydrogen-bond donors (Lipinski definition) is 1. The van der Waals surface area contributed by atoms with E-state index in [2.05, 4.69) is 0 Å². The summed E-state index contributed by atoms with van der Waals surface area (Å²) in [6.45, 7) is 5.65. The van der Waals surface area contributed by atoms with E-state index in [1.165, 1.54) is 0 Å². The van der Waals surface area contributed by atoms with Gasteiger partial charge in [-0.05, 0) is 33.6 Å². The first-order chi connectivity index (χ1) is 5.45. The molecular formula is C9H18O3. The van der Waals surface area contributed by atoms with Crippen LogP contribution in [-0.4, -0.2) is 23.3 Å². The first-order valence-corrected chi connectivity index (χ1v) is 4.25. The normalized spacial score (nSPS) is 14.3. The predicted molar refractivity (Wildman–Crippen MR) is 46.8 cm³/mol. The van der Waals surface area contributed by atoms with Gasteiger partial charge in [0, 0.05) is 6.42 Å².